The summed E-state index contributed by atoms with van der Waals surface area (Å²) >= 11 is 0. The Kier molecular flexibility index (Phi) is 5.23. The van der Waals surface area contributed by atoms with Crippen LogP contribution < -0.4 is 0 Å². The average Bonchev–Trinajstić information content (AvgIpc) is 2.49. The molecule has 2 fully saturated rings. The Morgan fingerprint density at radius 1 is 1.15 bits per heavy atom. The first-order valence-corrected chi connectivity index (χ1v) is 7.37. The molecule has 1 saturated carbocycles. The lowest BCUT2D eigenvalue weighted by molar-refractivity contribution is -0.152. The molecular weight excluding hydrogens is 262 g/mol. The van der Waals surface area contributed by atoms with Crippen LogP contribution in [0.5, 0.6) is 0 Å². The fraction of sp³-hybridized carbons (Fsp3) is 0.857. The van der Waals surface area contributed by atoms with E-state index in [1.54, 1.807) is 4.90 Å². The first-order valence-electron chi connectivity index (χ1n) is 7.37. The Balaban J connectivity index is 1.78. The van der Waals surface area contributed by atoms with Gasteiger partial charge in [0.05, 0.1) is 25.2 Å². The Morgan fingerprint density at radius 3 is 2.40 bits per heavy atom. The molecular formula is C14H23NO5. The summed E-state index contributed by atoms with van der Waals surface area (Å²) in [6.07, 6.45) is 4.44. The number of morpholine rings is 1. The number of rotatable bonds is 4. The maximum absolute atomic E-state index is 11.8. The van der Waals surface area contributed by atoms with Crippen LogP contribution in [0.1, 0.15) is 38.5 Å². The summed E-state index contributed by atoms with van der Waals surface area (Å²) in [4.78, 5) is 24.9. The van der Waals surface area contributed by atoms with E-state index in [4.69, 9.17) is 9.47 Å². The smallest absolute Gasteiger partial charge is 0.409 e. The molecule has 0 aromatic carbocycles. The van der Waals surface area contributed by atoms with Crippen molar-refractivity contribution in [2.75, 3.05) is 32.9 Å². The minimum atomic E-state index is -0.750. The average molecular weight is 285 g/mol. The zero-order valence-electron chi connectivity index (χ0n) is 11.8. The number of carbonyl (C=O) groups excluding carboxylic acids is 1. The van der Waals surface area contributed by atoms with Crippen molar-refractivity contribution in [2.45, 2.75) is 38.5 Å². The van der Waals surface area contributed by atoms with E-state index in [1.165, 1.54) is 0 Å². The summed E-state index contributed by atoms with van der Waals surface area (Å²) < 4.78 is 10.4. The van der Waals surface area contributed by atoms with Crippen LogP contribution in [-0.4, -0.2) is 55.0 Å². The molecule has 0 aromatic rings. The zero-order valence-corrected chi connectivity index (χ0v) is 11.8. The summed E-state index contributed by atoms with van der Waals surface area (Å²) in [7, 11) is 0. The summed E-state index contributed by atoms with van der Waals surface area (Å²) in [5.74, 6) is -0.750. The van der Waals surface area contributed by atoms with Gasteiger partial charge in [-0.15, -0.1) is 0 Å². The maximum atomic E-state index is 11.8. The van der Waals surface area contributed by atoms with Crippen molar-refractivity contribution in [3.8, 4) is 0 Å². The highest BCUT2D eigenvalue weighted by Crippen LogP contribution is 2.39. The summed E-state index contributed by atoms with van der Waals surface area (Å²) in [5, 5.41) is 9.44. The van der Waals surface area contributed by atoms with Crippen LogP contribution in [0.15, 0.2) is 0 Å². The maximum Gasteiger partial charge on any atom is 0.409 e. The van der Waals surface area contributed by atoms with Crippen LogP contribution in [0.3, 0.4) is 0 Å². The Bertz CT molecular complexity index is 345. The summed E-state index contributed by atoms with van der Waals surface area (Å²) in [5.41, 5.74) is -0.691. The van der Waals surface area contributed by atoms with Crippen LogP contribution in [-0.2, 0) is 14.3 Å². The standard InChI is InChI=1S/C14H23NO5/c16-12(17)14(4-2-1-3-5-14)6-9-20-13(18)15-7-10-19-11-8-15/h1-11H2,(H,16,17). The van der Waals surface area contributed by atoms with Crippen molar-refractivity contribution in [2.24, 2.45) is 5.41 Å². The third-order valence-corrected chi connectivity index (χ3v) is 4.34. The third kappa shape index (κ3) is 3.62. The lowest BCUT2D eigenvalue weighted by Gasteiger charge is -2.33. The minimum absolute atomic E-state index is 0.183. The Morgan fingerprint density at radius 2 is 1.80 bits per heavy atom. The molecule has 20 heavy (non-hydrogen) atoms. The lowest BCUT2D eigenvalue weighted by atomic mass is 9.72. The van der Waals surface area contributed by atoms with Crippen LogP contribution in [0.4, 0.5) is 4.79 Å². The molecule has 2 aliphatic rings. The Hall–Kier alpha value is -1.30. The molecule has 0 aromatic heterocycles. The first kappa shape index (κ1) is 15.1. The number of ether oxygens (including phenoxy) is 2. The van der Waals surface area contributed by atoms with Gasteiger partial charge < -0.3 is 19.5 Å². The van der Waals surface area contributed by atoms with E-state index in [0.717, 1.165) is 19.3 Å². The van der Waals surface area contributed by atoms with Gasteiger partial charge in [0.15, 0.2) is 0 Å². The second kappa shape index (κ2) is 6.92. The van der Waals surface area contributed by atoms with Crippen LogP contribution in [0.25, 0.3) is 0 Å². The Labute approximate surface area is 119 Å². The van der Waals surface area contributed by atoms with Gasteiger partial charge in [0.25, 0.3) is 0 Å². The van der Waals surface area contributed by atoms with Crippen LogP contribution >= 0.6 is 0 Å². The fourth-order valence-electron chi connectivity index (χ4n) is 2.97. The van der Waals surface area contributed by atoms with Crippen molar-refractivity contribution in [1.82, 2.24) is 4.90 Å². The second-order valence-corrected chi connectivity index (χ2v) is 5.61. The molecule has 0 bridgehead atoms. The van der Waals surface area contributed by atoms with Gasteiger partial charge in [-0.2, -0.15) is 0 Å². The molecule has 114 valence electrons. The molecule has 6 nitrogen and oxygen atoms in total. The number of amides is 1. The highest BCUT2D eigenvalue weighted by Gasteiger charge is 2.39. The molecule has 1 aliphatic heterocycles. The molecule has 1 N–H and O–H groups in total. The molecule has 0 radical (unpaired) electrons. The monoisotopic (exact) mass is 285 g/mol. The van der Waals surface area contributed by atoms with Crippen LogP contribution in [0, 0.1) is 5.41 Å². The molecule has 6 heteroatoms. The number of nitrogens with zero attached hydrogens (tertiary/aromatic N) is 1. The number of carbonyl (C=O) groups is 2. The van der Waals surface area contributed by atoms with Gasteiger partial charge in [0.2, 0.25) is 0 Å². The number of hydrogen-bond donors (Lipinski definition) is 1. The van der Waals surface area contributed by atoms with Gasteiger partial charge >= 0.3 is 12.1 Å². The first-order chi connectivity index (χ1) is 9.64. The largest absolute Gasteiger partial charge is 0.481 e. The van der Waals surface area contributed by atoms with Crippen molar-refractivity contribution in [1.29, 1.82) is 0 Å². The molecule has 1 amide bonds. The van der Waals surface area contributed by atoms with Gasteiger partial charge in [-0.3, -0.25) is 4.79 Å². The number of carboxylic acids is 1. The number of hydrogen-bond acceptors (Lipinski definition) is 4. The van der Waals surface area contributed by atoms with Gasteiger partial charge in [-0.1, -0.05) is 19.3 Å². The number of aliphatic carboxylic acids is 1. The highest BCUT2D eigenvalue weighted by molar-refractivity contribution is 5.74. The SMILES string of the molecule is O=C(OCCC1(C(=O)O)CCCCC1)N1CCOCC1. The van der Waals surface area contributed by atoms with E-state index in [9.17, 15) is 14.7 Å². The van der Waals surface area contributed by atoms with Gasteiger partial charge in [-0.05, 0) is 19.3 Å². The van der Waals surface area contributed by atoms with Gasteiger partial charge in [0.1, 0.15) is 0 Å². The van der Waals surface area contributed by atoms with E-state index < -0.39 is 11.4 Å². The normalized spacial score (nSPS) is 22.3. The highest BCUT2D eigenvalue weighted by atomic mass is 16.6. The summed E-state index contributed by atoms with van der Waals surface area (Å²) in [6, 6.07) is 0. The predicted octanol–water partition coefficient (Wildman–Crippen LogP) is 1.88. The van der Waals surface area contributed by atoms with Crippen molar-refractivity contribution >= 4 is 12.1 Å². The van der Waals surface area contributed by atoms with E-state index in [0.29, 0.717) is 45.6 Å². The van der Waals surface area contributed by atoms with Crippen LogP contribution in [0.2, 0.25) is 0 Å². The van der Waals surface area contributed by atoms with Gasteiger partial charge in [0, 0.05) is 13.1 Å². The molecule has 0 unspecified atom stereocenters. The molecule has 0 atom stereocenters. The lowest BCUT2D eigenvalue weighted by Crippen LogP contribution is -2.41. The minimum Gasteiger partial charge on any atom is -0.481 e. The van der Waals surface area contributed by atoms with E-state index in [2.05, 4.69) is 0 Å². The fourth-order valence-corrected chi connectivity index (χ4v) is 2.97. The van der Waals surface area contributed by atoms with E-state index in [1.807, 2.05) is 0 Å². The predicted molar refractivity (Wildman–Crippen MR) is 71.5 cm³/mol. The van der Waals surface area contributed by atoms with Gasteiger partial charge in [-0.25, -0.2) is 4.79 Å². The second-order valence-electron chi connectivity index (χ2n) is 5.61. The topological polar surface area (TPSA) is 76.1 Å². The molecule has 0 spiro atoms. The quantitative estimate of drug-likeness (QED) is 0.853. The number of carboxylic acid groups (broad SMARTS) is 1. The van der Waals surface area contributed by atoms with E-state index in [-0.39, 0.29) is 12.7 Å². The van der Waals surface area contributed by atoms with Crippen molar-refractivity contribution < 1.29 is 24.2 Å². The zero-order chi connectivity index (χ0) is 14.4. The van der Waals surface area contributed by atoms with Crippen molar-refractivity contribution in [3.63, 3.8) is 0 Å². The molecule has 1 saturated heterocycles. The molecule has 2 rings (SSSR count). The third-order valence-electron chi connectivity index (χ3n) is 4.34. The van der Waals surface area contributed by atoms with Crippen molar-refractivity contribution in [3.05, 3.63) is 0 Å². The molecule has 1 aliphatic carbocycles. The van der Waals surface area contributed by atoms with E-state index >= 15 is 0 Å². The summed E-state index contributed by atoms with van der Waals surface area (Å²) in [6.45, 7) is 2.34. The molecule has 1 heterocycles.